The Morgan fingerprint density at radius 3 is 2.75 bits per heavy atom. The molecule has 7 heteroatoms. The number of pyridine rings is 1. The normalized spacial score (nSPS) is 11.2. The predicted molar refractivity (Wildman–Crippen MR) is 74.5 cm³/mol. The Labute approximate surface area is 121 Å². The van der Waals surface area contributed by atoms with Crippen LogP contribution in [0.2, 0.25) is 0 Å². The molecule has 2 rings (SSSR count). The number of aryl methyl sites for hydroxylation is 2. The van der Waals surface area contributed by atoms with Gasteiger partial charge < -0.3 is 0 Å². The van der Waals surface area contributed by atoms with Crippen molar-refractivity contribution in [1.82, 2.24) is 15.4 Å². The van der Waals surface area contributed by atoms with E-state index in [4.69, 9.17) is 10.4 Å². The number of hydrogen-bond donors (Lipinski definition) is 2. The summed E-state index contributed by atoms with van der Waals surface area (Å²) in [7, 11) is 0. The molecule has 0 unspecified atom stereocenters. The predicted octanol–water partition coefficient (Wildman–Crippen LogP) is 2.63. The first kappa shape index (κ1) is 15.0. The summed E-state index contributed by atoms with van der Waals surface area (Å²) in [6.07, 6.45) is 3.32. The monoisotopic (exact) mass is 295 g/mol. The highest BCUT2D eigenvalue weighted by atomic mass is 32.1. The highest BCUT2D eigenvalue weighted by molar-refractivity contribution is 7.15. The molecule has 0 saturated heterocycles. The first-order valence-corrected chi connectivity index (χ1v) is 7.14. The molecule has 2 N–H and O–H groups in total. The fraction of sp³-hybridized carbons (Fsp3) is 0.385. The molecule has 0 amide bonds. The average Bonchev–Trinajstić information content (AvgIpc) is 2.80. The topological polar surface area (TPSA) is 78.7 Å². The molecule has 0 bridgehead atoms. The molecule has 0 atom stereocenters. The number of nitrogens with zero attached hydrogens (tertiary/aromatic N) is 3. The minimum atomic E-state index is -0.273. The molecule has 0 aliphatic carbocycles. The van der Waals surface area contributed by atoms with Gasteiger partial charge in [-0.1, -0.05) is 6.92 Å². The van der Waals surface area contributed by atoms with Crippen LogP contribution >= 0.6 is 11.3 Å². The van der Waals surface area contributed by atoms with Crippen molar-refractivity contribution in [2.45, 2.75) is 26.7 Å². The van der Waals surface area contributed by atoms with Crippen molar-refractivity contribution < 1.29 is 15.3 Å². The highest BCUT2D eigenvalue weighted by Crippen LogP contribution is 2.27. The largest absolute Gasteiger partial charge is 0.266 e. The quantitative estimate of drug-likeness (QED) is 0.798. The van der Waals surface area contributed by atoms with E-state index >= 15 is 0 Å². The summed E-state index contributed by atoms with van der Waals surface area (Å²) in [5, 5.41) is 17.6. The van der Waals surface area contributed by atoms with Crippen molar-refractivity contribution in [3.8, 4) is 10.6 Å². The van der Waals surface area contributed by atoms with Crippen LogP contribution in [0.15, 0.2) is 18.3 Å². The van der Waals surface area contributed by atoms with E-state index < -0.39 is 0 Å². The zero-order chi connectivity index (χ0) is 14.5. The van der Waals surface area contributed by atoms with Crippen molar-refractivity contribution in [2.24, 2.45) is 0 Å². The lowest BCUT2D eigenvalue weighted by Crippen LogP contribution is -2.16. The maximum Gasteiger partial charge on any atom is 0.125 e. The van der Waals surface area contributed by atoms with Crippen molar-refractivity contribution in [2.75, 3.05) is 6.61 Å². The van der Waals surface area contributed by atoms with E-state index in [0.717, 1.165) is 33.3 Å². The fourth-order valence-electron chi connectivity index (χ4n) is 1.76. The molecular formula is C13H17N3O3S. The third-order valence-corrected chi connectivity index (χ3v) is 4.13. The van der Waals surface area contributed by atoms with Gasteiger partial charge >= 0.3 is 0 Å². The number of rotatable bonds is 6. The summed E-state index contributed by atoms with van der Waals surface area (Å²) in [6.45, 7) is 4.18. The van der Waals surface area contributed by atoms with Gasteiger partial charge in [0.25, 0.3) is 0 Å². The maximum atomic E-state index is 8.48. The molecule has 108 valence electrons. The van der Waals surface area contributed by atoms with E-state index in [9.17, 15) is 0 Å². The Morgan fingerprint density at radius 1 is 1.35 bits per heavy atom. The lowest BCUT2D eigenvalue weighted by atomic mass is 10.2. The minimum Gasteiger partial charge on any atom is -0.266 e. The summed E-state index contributed by atoms with van der Waals surface area (Å²) in [6, 6.07) is 4.03. The highest BCUT2D eigenvalue weighted by Gasteiger charge is 2.10. The van der Waals surface area contributed by atoms with Crippen LogP contribution in [0.3, 0.4) is 0 Å². The molecule has 2 aromatic rings. The molecule has 2 aromatic heterocycles. The summed E-state index contributed by atoms with van der Waals surface area (Å²) in [4.78, 5) is 14.5. The second kappa shape index (κ2) is 6.87. The van der Waals surface area contributed by atoms with E-state index in [1.54, 1.807) is 11.3 Å². The van der Waals surface area contributed by atoms with E-state index in [1.165, 1.54) is 0 Å². The van der Waals surface area contributed by atoms with Crippen LogP contribution in [-0.2, 0) is 17.7 Å². The summed E-state index contributed by atoms with van der Waals surface area (Å²) >= 11 is 1.56. The van der Waals surface area contributed by atoms with E-state index in [-0.39, 0.29) is 12.0 Å². The van der Waals surface area contributed by atoms with Gasteiger partial charge in [0.1, 0.15) is 5.01 Å². The van der Waals surface area contributed by atoms with Crippen molar-refractivity contribution >= 4 is 11.3 Å². The van der Waals surface area contributed by atoms with E-state index in [2.05, 4.69) is 21.7 Å². The molecule has 2 heterocycles. The first-order chi connectivity index (χ1) is 9.60. The van der Waals surface area contributed by atoms with Crippen LogP contribution in [0.5, 0.6) is 0 Å². The average molecular weight is 295 g/mol. The van der Waals surface area contributed by atoms with Gasteiger partial charge in [0.2, 0.25) is 0 Å². The van der Waals surface area contributed by atoms with Crippen molar-refractivity contribution in [3.63, 3.8) is 0 Å². The van der Waals surface area contributed by atoms with Gasteiger partial charge in [-0.2, -0.15) is 0 Å². The molecule has 20 heavy (non-hydrogen) atoms. The molecule has 0 aliphatic heterocycles. The van der Waals surface area contributed by atoms with Gasteiger partial charge in [0, 0.05) is 28.8 Å². The summed E-state index contributed by atoms with van der Waals surface area (Å²) in [5.74, 6) is 0. The maximum absolute atomic E-state index is 8.48. The Hall–Kier alpha value is -1.38. The Kier molecular flexibility index (Phi) is 5.16. The van der Waals surface area contributed by atoms with Crippen LogP contribution < -0.4 is 0 Å². The molecule has 0 spiro atoms. The fourth-order valence-corrected chi connectivity index (χ4v) is 2.80. The zero-order valence-electron chi connectivity index (χ0n) is 11.4. The SMILES string of the molecule is CCc1ccc(-c2nc(C)c(CCON(O)O)s2)cn1. The third-order valence-electron chi connectivity index (χ3n) is 2.86. The standard InChI is InChI=1S/C13H17N3O3S/c1-3-11-5-4-10(8-14-11)13-15-9(2)12(20-13)6-7-19-16(17)18/h4-5,8,17-18H,3,6-7H2,1-2H3. The molecule has 0 radical (unpaired) electrons. The lowest BCUT2D eigenvalue weighted by molar-refractivity contribution is -0.492. The van der Waals surface area contributed by atoms with E-state index in [0.29, 0.717) is 6.42 Å². The molecule has 6 nitrogen and oxygen atoms in total. The molecular weight excluding hydrogens is 278 g/mol. The second-order valence-corrected chi connectivity index (χ2v) is 5.34. The van der Waals surface area contributed by atoms with Crippen molar-refractivity contribution in [1.29, 1.82) is 0 Å². The molecule has 0 fully saturated rings. The Balaban J connectivity index is 2.09. The van der Waals surface area contributed by atoms with Crippen LogP contribution in [-0.4, -0.2) is 32.4 Å². The first-order valence-electron chi connectivity index (χ1n) is 6.32. The molecule has 0 aromatic carbocycles. The van der Waals surface area contributed by atoms with Gasteiger partial charge in [0.15, 0.2) is 0 Å². The van der Waals surface area contributed by atoms with Gasteiger partial charge in [-0.25, -0.2) is 4.98 Å². The molecule has 0 saturated carbocycles. The number of thiazole rings is 1. The van der Waals surface area contributed by atoms with Crippen LogP contribution in [0.1, 0.15) is 23.2 Å². The van der Waals surface area contributed by atoms with E-state index in [1.807, 2.05) is 25.3 Å². The number of hydrogen-bond acceptors (Lipinski definition) is 7. The number of aromatic nitrogens is 2. The third kappa shape index (κ3) is 3.81. The van der Waals surface area contributed by atoms with Gasteiger partial charge in [0.05, 0.1) is 17.7 Å². The smallest absolute Gasteiger partial charge is 0.125 e. The van der Waals surface area contributed by atoms with Gasteiger partial charge in [-0.3, -0.25) is 20.2 Å². The van der Waals surface area contributed by atoms with Crippen LogP contribution in [0, 0.1) is 6.92 Å². The second-order valence-electron chi connectivity index (χ2n) is 4.26. The minimum absolute atomic E-state index is 0.183. The van der Waals surface area contributed by atoms with Gasteiger partial charge in [-0.15, -0.1) is 11.3 Å². The zero-order valence-corrected chi connectivity index (χ0v) is 12.2. The van der Waals surface area contributed by atoms with Crippen LogP contribution in [0.4, 0.5) is 0 Å². The summed E-state index contributed by atoms with van der Waals surface area (Å²) in [5.41, 5.74) is 2.98. The lowest BCUT2D eigenvalue weighted by Gasteiger charge is -2.04. The van der Waals surface area contributed by atoms with Crippen molar-refractivity contribution in [3.05, 3.63) is 34.6 Å². The van der Waals surface area contributed by atoms with Gasteiger partial charge in [-0.05, 0) is 25.5 Å². The Bertz CT molecular complexity index is 554. The Morgan fingerprint density at radius 2 is 2.15 bits per heavy atom. The molecule has 0 aliphatic rings. The summed E-state index contributed by atoms with van der Waals surface area (Å²) < 4.78 is 0. The van der Waals surface area contributed by atoms with Crippen LogP contribution in [0.25, 0.3) is 10.6 Å².